The molecule has 0 aliphatic rings. The lowest BCUT2D eigenvalue weighted by Crippen LogP contribution is -2.33. The highest BCUT2D eigenvalue weighted by atomic mass is 19.4. The molecule has 1 aromatic heterocycles. The maximum Gasteiger partial charge on any atom is 0.433 e. The first-order valence-electron chi connectivity index (χ1n) is 5.57. The first kappa shape index (κ1) is 15.2. The Morgan fingerprint density at radius 1 is 1.37 bits per heavy atom. The summed E-state index contributed by atoms with van der Waals surface area (Å²) in [6.07, 6.45) is -4.25. The van der Waals surface area contributed by atoms with E-state index in [0.29, 0.717) is 6.42 Å². The minimum absolute atomic E-state index is 0.0269. The van der Waals surface area contributed by atoms with E-state index in [2.05, 4.69) is 10.3 Å². The van der Waals surface area contributed by atoms with Crippen molar-refractivity contribution in [2.45, 2.75) is 32.0 Å². The molecule has 0 atom stereocenters. The Labute approximate surface area is 108 Å². The fraction of sp³-hybridized carbons (Fsp3) is 0.500. The smallest absolute Gasteiger partial charge is 0.396 e. The number of hydrogen-bond donors (Lipinski definition) is 2. The van der Waals surface area contributed by atoms with Crippen LogP contribution in [0.2, 0.25) is 0 Å². The van der Waals surface area contributed by atoms with Gasteiger partial charge in [0.15, 0.2) is 0 Å². The van der Waals surface area contributed by atoms with Gasteiger partial charge in [-0.05, 0) is 32.4 Å². The standard InChI is InChI=1S/C12H14F3N3O/c1-11(2,5-6-19)18-10-8(7-16)3-4-9(17-10)12(13,14)15/h3-4,19H,5-6H2,1-2H3,(H,17,18). The number of pyridine rings is 1. The van der Waals surface area contributed by atoms with Crippen molar-refractivity contribution in [3.63, 3.8) is 0 Å². The minimum atomic E-state index is -4.56. The second-order valence-corrected chi connectivity index (χ2v) is 4.68. The van der Waals surface area contributed by atoms with Crippen molar-refractivity contribution in [3.05, 3.63) is 23.4 Å². The Hall–Kier alpha value is -1.81. The van der Waals surface area contributed by atoms with Crippen LogP contribution in [0.15, 0.2) is 12.1 Å². The van der Waals surface area contributed by atoms with Gasteiger partial charge in [-0.2, -0.15) is 18.4 Å². The molecule has 104 valence electrons. The average Bonchev–Trinajstić information content (AvgIpc) is 2.27. The molecule has 7 heteroatoms. The van der Waals surface area contributed by atoms with Crippen molar-refractivity contribution in [1.82, 2.24) is 4.98 Å². The minimum Gasteiger partial charge on any atom is -0.396 e. The molecular formula is C12H14F3N3O. The van der Waals surface area contributed by atoms with Crippen LogP contribution in [-0.2, 0) is 6.18 Å². The van der Waals surface area contributed by atoms with E-state index >= 15 is 0 Å². The van der Waals surface area contributed by atoms with Crippen LogP contribution >= 0.6 is 0 Å². The molecule has 0 saturated heterocycles. The first-order valence-corrected chi connectivity index (χ1v) is 5.57. The third-order valence-corrected chi connectivity index (χ3v) is 2.50. The topological polar surface area (TPSA) is 68.9 Å². The summed E-state index contributed by atoms with van der Waals surface area (Å²) in [6, 6.07) is 3.63. The number of nitriles is 1. The normalized spacial score (nSPS) is 12.1. The van der Waals surface area contributed by atoms with Crippen LogP contribution in [0.1, 0.15) is 31.5 Å². The Morgan fingerprint density at radius 2 is 2.00 bits per heavy atom. The maximum absolute atomic E-state index is 12.6. The summed E-state index contributed by atoms with van der Waals surface area (Å²) in [5.41, 5.74) is -1.70. The highest BCUT2D eigenvalue weighted by Crippen LogP contribution is 2.30. The molecular weight excluding hydrogens is 259 g/mol. The molecule has 1 rings (SSSR count). The van der Waals surface area contributed by atoms with E-state index in [1.807, 2.05) is 0 Å². The van der Waals surface area contributed by atoms with Gasteiger partial charge in [-0.25, -0.2) is 4.98 Å². The van der Waals surface area contributed by atoms with Crippen molar-refractivity contribution in [2.75, 3.05) is 11.9 Å². The average molecular weight is 273 g/mol. The Bertz CT molecular complexity index is 492. The lowest BCUT2D eigenvalue weighted by molar-refractivity contribution is -0.141. The third kappa shape index (κ3) is 4.10. The van der Waals surface area contributed by atoms with Gasteiger partial charge in [0.05, 0.1) is 5.56 Å². The summed E-state index contributed by atoms with van der Waals surface area (Å²) in [7, 11) is 0. The quantitative estimate of drug-likeness (QED) is 0.884. The highest BCUT2D eigenvalue weighted by Gasteiger charge is 2.33. The number of nitrogens with zero attached hydrogens (tertiary/aromatic N) is 2. The van der Waals surface area contributed by atoms with Gasteiger partial charge < -0.3 is 10.4 Å². The van der Waals surface area contributed by atoms with Crippen LogP contribution in [0.5, 0.6) is 0 Å². The van der Waals surface area contributed by atoms with E-state index < -0.39 is 17.4 Å². The van der Waals surface area contributed by atoms with Crippen LogP contribution in [0.4, 0.5) is 19.0 Å². The van der Waals surface area contributed by atoms with Crippen LogP contribution in [0.3, 0.4) is 0 Å². The predicted molar refractivity (Wildman–Crippen MR) is 63.4 cm³/mol. The summed E-state index contributed by atoms with van der Waals surface area (Å²) in [5, 5.41) is 20.5. The number of hydrogen-bond acceptors (Lipinski definition) is 4. The van der Waals surface area contributed by atoms with E-state index in [1.54, 1.807) is 19.9 Å². The van der Waals surface area contributed by atoms with Crippen LogP contribution in [0.25, 0.3) is 0 Å². The van der Waals surface area contributed by atoms with Crippen LogP contribution in [0, 0.1) is 11.3 Å². The van der Waals surface area contributed by atoms with Crippen molar-refractivity contribution in [1.29, 1.82) is 5.26 Å². The summed E-state index contributed by atoms with van der Waals surface area (Å²) in [4.78, 5) is 3.44. The molecule has 4 nitrogen and oxygen atoms in total. The van der Waals surface area contributed by atoms with E-state index in [0.717, 1.165) is 12.1 Å². The number of aliphatic hydroxyl groups is 1. The van der Waals surface area contributed by atoms with E-state index in [-0.39, 0.29) is 18.0 Å². The van der Waals surface area contributed by atoms with Crippen molar-refractivity contribution < 1.29 is 18.3 Å². The fourth-order valence-electron chi connectivity index (χ4n) is 1.47. The third-order valence-electron chi connectivity index (χ3n) is 2.50. The number of halogens is 3. The molecule has 0 aliphatic heterocycles. The van der Waals surface area contributed by atoms with Crippen molar-refractivity contribution in [3.8, 4) is 6.07 Å². The van der Waals surface area contributed by atoms with Gasteiger partial charge in [0, 0.05) is 12.1 Å². The number of anilines is 1. The van der Waals surface area contributed by atoms with Gasteiger partial charge in [-0.15, -0.1) is 0 Å². The fourth-order valence-corrected chi connectivity index (χ4v) is 1.47. The van der Waals surface area contributed by atoms with Crippen LogP contribution < -0.4 is 5.32 Å². The van der Waals surface area contributed by atoms with Crippen molar-refractivity contribution >= 4 is 5.82 Å². The maximum atomic E-state index is 12.6. The molecule has 0 bridgehead atoms. The Kier molecular flexibility index (Phi) is 4.37. The summed E-state index contributed by atoms with van der Waals surface area (Å²) in [6.45, 7) is 3.28. The number of aromatic nitrogens is 1. The molecule has 2 N–H and O–H groups in total. The SMILES string of the molecule is CC(C)(CCO)Nc1nc(C(F)(F)F)ccc1C#N. The predicted octanol–water partition coefficient (Wildman–Crippen LogP) is 2.54. The molecule has 1 heterocycles. The summed E-state index contributed by atoms with van der Waals surface area (Å²) >= 11 is 0. The Balaban J connectivity index is 3.14. The van der Waals surface area contributed by atoms with Gasteiger partial charge in [0.2, 0.25) is 0 Å². The van der Waals surface area contributed by atoms with Gasteiger partial charge in [-0.1, -0.05) is 0 Å². The van der Waals surface area contributed by atoms with Crippen molar-refractivity contribution in [2.24, 2.45) is 0 Å². The molecule has 0 spiro atoms. The molecule has 0 aromatic carbocycles. The largest absolute Gasteiger partial charge is 0.433 e. The molecule has 0 saturated carbocycles. The van der Waals surface area contributed by atoms with Gasteiger partial charge in [-0.3, -0.25) is 0 Å². The van der Waals surface area contributed by atoms with Gasteiger partial charge in [0.1, 0.15) is 17.6 Å². The van der Waals surface area contributed by atoms with Crippen LogP contribution in [-0.4, -0.2) is 22.2 Å². The second-order valence-electron chi connectivity index (χ2n) is 4.68. The van der Waals surface area contributed by atoms with E-state index in [4.69, 9.17) is 10.4 Å². The summed E-state index contributed by atoms with van der Waals surface area (Å²) < 4.78 is 37.7. The zero-order valence-electron chi connectivity index (χ0n) is 10.5. The molecule has 0 radical (unpaired) electrons. The number of nitrogens with one attached hydrogen (secondary N) is 1. The molecule has 0 aliphatic carbocycles. The zero-order valence-corrected chi connectivity index (χ0v) is 10.5. The molecule has 1 aromatic rings. The Morgan fingerprint density at radius 3 is 2.47 bits per heavy atom. The molecule has 0 unspecified atom stereocenters. The lowest BCUT2D eigenvalue weighted by Gasteiger charge is -2.26. The van der Waals surface area contributed by atoms with Gasteiger partial charge in [0.25, 0.3) is 0 Å². The highest BCUT2D eigenvalue weighted by molar-refractivity contribution is 5.53. The number of alkyl halides is 3. The van der Waals surface area contributed by atoms with E-state index in [9.17, 15) is 13.2 Å². The zero-order chi connectivity index (χ0) is 14.7. The number of rotatable bonds is 4. The van der Waals surface area contributed by atoms with Gasteiger partial charge >= 0.3 is 6.18 Å². The first-order chi connectivity index (χ1) is 8.69. The molecule has 0 fully saturated rings. The summed E-state index contributed by atoms with van der Waals surface area (Å²) in [5.74, 6) is -0.129. The molecule has 19 heavy (non-hydrogen) atoms. The number of aliphatic hydroxyl groups excluding tert-OH is 1. The van der Waals surface area contributed by atoms with E-state index in [1.165, 1.54) is 0 Å². The monoisotopic (exact) mass is 273 g/mol. The lowest BCUT2D eigenvalue weighted by atomic mass is 10.0. The second kappa shape index (κ2) is 5.45. The molecule has 0 amide bonds.